The van der Waals surface area contributed by atoms with Crippen molar-refractivity contribution in [2.45, 2.75) is 76.2 Å². The predicted octanol–water partition coefficient (Wildman–Crippen LogP) is 1.96. The van der Waals surface area contributed by atoms with E-state index in [1.54, 1.807) is 27.7 Å². The fraction of sp³-hybridized carbons (Fsp3) is 1.00. The number of hydrogen-bond acceptors (Lipinski definition) is 6. The minimum absolute atomic E-state index is 0.261. The van der Waals surface area contributed by atoms with Crippen LogP contribution in [0.2, 0.25) is 0 Å². The van der Waals surface area contributed by atoms with Crippen LogP contribution in [-0.4, -0.2) is 61.7 Å². The van der Waals surface area contributed by atoms with Crippen molar-refractivity contribution in [1.29, 1.82) is 0 Å². The third-order valence-electron chi connectivity index (χ3n) is 3.85. The van der Waals surface area contributed by atoms with Gasteiger partial charge in [0.25, 0.3) is 0 Å². The van der Waals surface area contributed by atoms with E-state index in [1.165, 1.54) is 0 Å². The fourth-order valence-electron chi connectivity index (χ4n) is 3.08. The number of rotatable bonds is 3. The highest BCUT2D eigenvalue weighted by atomic mass is 19.4. The zero-order valence-electron chi connectivity index (χ0n) is 13.4. The van der Waals surface area contributed by atoms with Gasteiger partial charge >= 0.3 is 6.18 Å². The van der Waals surface area contributed by atoms with Gasteiger partial charge in [-0.3, -0.25) is 0 Å². The SMILES string of the molecule is CC1(C)O[C@@H]2[C@H](O1)[C@@H](OCC(F)(F)F)O[C@@H]2[C@@H]1COC(C)(C)O1. The van der Waals surface area contributed by atoms with Crippen molar-refractivity contribution < 1.29 is 41.6 Å². The molecule has 0 unspecified atom stereocenters. The van der Waals surface area contributed by atoms with Crippen LogP contribution in [0.15, 0.2) is 0 Å². The highest BCUT2D eigenvalue weighted by Crippen LogP contribution is 2.42. The smallest absolute Gasteiger partial charge is 0.348 e. The Bertz CT molecular complexity index is 452. The normalized spacial score (nSPS) is 42.1. The molecule has 0 radical (unpaired) electrons. The lowest BCUT2D eigenvalue weighted by Crippen LogP contribution is -2.40. The molecule has 0 aliphatic carbocycles. The van der Waals surface area contributed by atoms with E-state index in [1.807, 2.05) is 0 Å². The largest absolute Gasteiger partial charge is 0.411 e. The molecule has 3 saturated heterocycles. The minimum Gasteiger partial charge on any atom is -0.348 e. The zero-order valence-corrected chi connectivity index (χ0v) is 13.4. The summed E-state index contributed by atoms with van der Waals surface area (Å²) >= 11 is 0. The standard InChI is InChI=1S/C14H21F3O6/c1-12(2)19-5-7(21-12)8-9-10(23-13(3,4)22-9)11(20-8)18-6-14(15,16)17/h7-11H,5-6H2,1-4H3/t7-,8+,9-,10-,11-/m0/s1. The molecule has 0 aromatic carbocycles. The molecule has 0 aromatic rings. The van der Waals surface area contributed by atoms with Crippen LogP contribution in [0.4, 0.5) is 13.2 Å². The van der Waals surface area contributed by atoms with Crippen molar-refractivity contribution in [3.63, 3.8) is 0 Å². The molecule has 0 N–H and O–H groups in total. The van der Waals surface area contributed by atoms with Crippen molar-refractivity contribution in [3.05, 3.63) is 0 Å². The Kier molecular flexibility index (Phi) is 4.18. The molecule has 3 heterocycles. The fourth-order valence-corrected chi connectivity index (χ4v) is 3.08. The number of halogens is 3. The molecule has 134 valence electrons. The lowest BCUT2D eigenvalue weighted by molar-refractivity contribution is -0.271. The van der Waals surface area contributed by atoms with Gasteiger partial charge < -0.3 is 28.4 Å². The van der Waals surface area contributed by atoms with Crippen molar-refractivity contribution in [3.8, 4) is 0 Å². The monoisotopic (exact) mass is 342 g/mol. The van der Waals surface area contributed by atoms with Gasteiger partial charge in [-0.1, -0.05) is 0 Å². The van der Waals surface area contributed by atoms with Gasteiger partial charge in [0.1, 0.15) is 31.0 Å². The van der Waals surface area contributed by atoms with E-state index in [0.29, 0.717) is 0 Å². The summed E-state index contributed by atoms with van der Waals surface area (Å²) in [4.78, 5) is 0. The quantitative estimate of drug-likeness (QED) is 0.782. The van der Waals surface area contributed by atoms with Crippen molar-refractivity contribution in [2.24, 2.45) is 0 Å². The maximum absolute atomic E-state index is 12.4. The van der Waals surface area contributed by atoms with E-state index in [0.717, 1.165) is 0 Å². The molecule has 0 saturated carbocycles. The van der Waals surface area contributed by atoms with Crippen LogP contribution in [0.1, 0.15) is 27.7 Å². The van der Waals surface area contributed by atoms with Crippen molar-refractivity contribution >= 4 is 0 Å². The summed E-state index contributed by atoms with van der Waals surface area (Å²) in [6, 6.07) is 0. The van der Waals surface area contributed by atoms with E-state index >= 15 is 0 Å². The summed E-state index contributed by atoms with van der Waals surface area (Å²) < 4.78 is 70.4. The third-order valence-corrected chi connectivity index (χ3v) is 3.85. The van der Waals surface area contributed by atoms with Crippen LogP contribution in [0, 0.1) is 0 Å². The van der Waals surface area contributed by atoms with Crippen molar-refractivity contribution in [1.82, 2.24) is 0 Å². The highest BCUT2D eigenvalue weighted by molar-refractivity contribution is 4.99. The van der Waals surface area contributed by atoms with E-state index in [-0.39, 0.29) is 6.61 Å². The second-order valence-corrected chi connectivity index (χ2v) is 6.83. The van der Waals surface area contributed by atoms with Gasteiger partial charge in [-0.05, 0) is 27.7 Å². The summed E-state index contributed by atoms with van der Waals surface area (Å²) in [6.07, 6.45) is -8.02. The highest BCUT2D eigenvalue weighted by Gasteiger charge is 2.59. The summed E-state index contributed by atoms with van der Waals surface area (Å²) in [7, 11) is 0. The Morgan fingerprint density at radius 2 is 1.61 bits per heavy atom. The maximum Gasteiger partial charge on any atom is 0.411 e. The Morgan fingerprint density at radius 3 is 2.17 bits per heavy atom. The first kappa shape index (κ1) is 17.4. The second kappa shape index (κ2) is 5.53. The van der Waals surface area contributed by atoms with Gasteiger partial charge in [0.05, 0.1) is 6.61 Å². The molecule has 0 bridgehead atoms. The number of hydrogen-bond donors (Lipinski definition) is 0. The van der Waals surface area contributed by atoms with Gasteiger partial charge in [0.15, 0.2) is 17.9 Å². The lowest BCUT2D eigenvalue weighted by atomic mass is 10.1. The molecular weight excluding hydrogens is 321 g/mol. The Labute approximate surface area is 132 Å². The second-order valence-electron chi connectivity index (χ2n) is 6.83. The average Bonchev–Trinajstić information content (AvgIpc) is 2.97. The van der Waals surface area contributed by atoms with Gasteiger partial charge in [0, 0.05) is 0 Å². The van der Waals surface area contributed by atoms with Gasteiger partial charge in [-0.25, -0.2) is 0 Å². The predicted molar refractivity (Wildman–Crippen MR) is 69.4 cm³/mol. The van der Waals surface area contributed by atoms with Gasteiger partial charge in [0.2, 0.25) is 0 Å². The Morgan fingerprint density at radius 1 is 0.957 bits per heavy atom. The molecule has 5 atom stereocenters. The number of fused-ring (bicyclic) bond motifs is 1. The van der Waals surface area contributed by atoms with Crippen LogP contribution >= 0.6 is 0 Å². The van der Waals surface area contributed by atoms with Crippen LogP contribution in [0.5, 0.6) is 0 Å². The van der Waals surface area contributed by atoms with Crippen LogP contribution in [0.3, 0.4) is 0 Å². The molecule has 23 heavy (non-hydrogen) atoms. The first-order valence-corrected chi connectivity index (χ1v) is 7.47. The molecule has 6 nitrogen and oxygen atoms in total. The molecular formula is C14H21F3O6. The van der Waals surface area contributed by atoms with Crippen LogP contribution in [0.25, 0.3) is 0 Å². The maximum atomic E-state index is 12.4. The first-order valence-electron chi connectivity index (χ1n) is 7.47. The topological polar surface area (TPSA) is 55.4 Å². The number of alkyl halides is 3. The Hall–Kier alpha value is -0.450. The van der Waals surface area contributed by atoms with Crippen LogP contribution in [-0.2, 0) is 28.4 Å². The molecule has 3 rings (SSSR count). The van der Waals surface area contributed by atoms with Gasteiger partial charge in [-0.15, -0.1) is 0 Å². The van der Waals surface area contributed by atoms with E-state index in [4.69, 9.17) is 28.4 Å². The summed E-state index contributed by atoms with van der Waals surface area (Å²) in [5.74, 6) is -1.70. The van der Waals surface area contributed by atoms with E-state index in [2.05, 4.69) is 0 Å². The number of ether oxygens (including phenoxy) is 6. The molecule has 0 spiro atoms. The third kappa shape index (κ3) is 3.80. The lowest BCUT2D eigenvalue weighted by Gasteiger charge is -2.27. The first-order chi connectivity index (χ1) is 10.5. The molecule has 3 aliphatic rings. The van der Waals surface area contributed by atoms with Gasteiger partial charge in [-0.2, -0.15) is 13.2 Å². The van der Waals surface area contributed by atoms with E-state index in [9.17, 15) is 13.2 Å². The van der Waals surface area contributed by atoms with E-state index < -0.39 is 55.1 Å². The molecule has 0 amide bonds. The van der Waals surface area contributed by atoms with Crippen molar-refractivity contribution in [2.75, 3.05) is 13.2 Å². The average molecular weight is 342 g/mol. The molecule has 9 heteroatoms. The Balaban J connectivity index is 1.71. The minimum atomic E-state index is -4.44. The molecule has 3 aliphatic heterocycles. The zero-order chi connectivity index (χ0) is 17.0. The summed E-state index contributed by atoms with van der Waals surface area (Å²) in [6.45, 7) is 5.75. The summed E-state index contributed by atoms with van der Waals surface area (Å²) in [5.41, 5.74) is 0. The molecule has 3 fully saturated rings. The van der Waals surface area contributed by atoms with Crippen LogP contribution < -0.4 is 0 Å². The molecule has 0 aromatic heterocycles. The summed E-state index contributed by atoms with van der Waals surface area (Å²) in [5, 5.41) is 0.